The summed E-state index contributed by atoms with van der Waals surface area (Å²) in [6.07, 6.45) is 0. The molecule has 0 bridgehead atoms. The van der Waals surface area contributed by atoms with E-state index in [0.717, 1.165) is 5.56 Å². The quantitative estimate of drug-likeness (QED) is 0.256. The molecule has 3 aromatic carbocycles. The summed E-state index contributed by atoms with van der Waals surface area (Å²) in [5.74, 6) is 0.371. The molecule has 0 radical (unpaired) electrons. The molecule has 1 amide bonds. The SMILES string of the molecule is Cc1oc(-c2ccccc2)nc1COC(=O)c1ccccc1SCC(=O)Nc1cccc(C#N)c1. The predicted octanol–water partition coefficient (Wildman–Crippen LogP) is 5.61. The highest BCUT2D eigenvalue weighted by molar-refractivity contribution is 8.00. The fourth-order valence-corrected chi connectivity index (χ4v) is 4.09. The first-order valence-corrected chi connectivity index (χ1v) is 11.7. The molecule has 8 heteroatoms. The maximum atomic E-state index is 12.8. The number of hydrogen-bond donors (Lipinski definition) is 1. The number of esters is 1. The standard InChI is InChI=1S/C27H21N3O4S/c1-18-23(30-26(34-18)20-9-3-2-4-10-20)16-33-27(32)22-12-5-6-13-24(22)35-17-25(31)29-21-11-7-8-19(14-21)15-28/h2-14H,16-17H2,1H3,(H,29,31). The van der Waals surface area contributed by atoms with Crippen LogP contribution >= 0.6 is 11.8 Å². The normalized spacial score (nSPS) is 10.4. The third-order valence-electron chi connectivity index (χ3n) is 4.99. The number of amides is 1. The van der Waals surface area contributed by atoms with E-state index in [9.17, 15) is 9.59 Å². The van der Waals surface area contributed by atoms with Crippen LogP contribution in [-0.4, -0.2) is 22.6 Å². The minimum absolute atomic E-state index is 0.0320. The Morgan fingerprint density at radius 1 is 1.06 bits per heavy atom. The van der Waals surface area contributed by atoms with Gasteiger partial charge in [-0.3, -0.25) is 4.79 Å². The van der Waals surface area contributed by atoms with E-state index in [1.165, 1.54) is 11.8 Å². The number of anilines is 1. The lowest BCUT2D eigenvalue weighted by molar-refractivity contribution is -0.113. The fraction of sp³-hybridized carbons (Fsp3) is 0.111. The van der Waals surface area contributed by atoms with Crippen molar-refractivity contribution in [3.8, 4) is 17.5 Å². The summed E-state index contributed by atoms with van der Waals surface area (Å²) in [4.78, 5) is 30.3. The average molecular weight is 484 g/mol. The molecule has 0 unspecified atom stereocenters. The molecule has 0 saturated carbocycles. The van der Waals surface area contributed by atoms with Gasteiger partial charge >= 0.3 is 5.97 Å². The molecule has 1 heterocycles. The van der Waals surface area contributed by atoms with Gasteiger partial charge in [0.2, 0.25) is 11.8 Å². The van der Waals surface area contributed by atoms with Gasteiger partial charge in [0.15, 0.2) is 0 Å². The predicted molar refractivity (Wildman–Crippen MR) is 133 cm³/mol. The number of aryl methyl sites for hydroxylation is 1. The second-order valence-corrected chi connectivity index (χ2v) is 8.51. The highest BCUT2D eigenvalue weighted by Crippen LogP contribution is 2.25. The van der Waals surface area contributed by atoms with Crippen LogP contribution in [-0.2, 0) is 16.1 Å². The van der Waals surface area contributed by atoms with E-state index in [-0.39, 0.29) is 18.3 Å². The monoisotopic (exact) mass is 483 g/mol. The van der Waals surface area contributed by atoms with Crippen molar-refractivity contribution < 1.29 is 18.7 Å². The Hall–Kier alpha value is -4.35. The molecule has 35 heavy (non-hydrogen) atoms. The zero-order chi connectivity index (χ0) is 24.6. The number of carbonyl (C=O) groups excluding carboxylic acids is 2. The molecule has 0 aliphatic heterocycles. The molecular formula is C27H21N3O4S. The number of carbonyl (C=O) groups is 2. The Labute approximate surface area is 206 Å². The van der Waals surface area contributed by atoms with Gasteiger partial charge in [0.1, 0.15) is 18.1 Å². The van der Waals surface area contributed by atoms with E-state index in [2.05, 4.69) is 10.3 Å². The molecule has 0 atom stereocenters. The number of thioether (sulfide) groups is 1. The molecule has 0 saturated heterocycles. The summed E-state index contributed by atoms with van der Waals surface area (Å²) in [5, 5.41) is 11.8. The van der Waals surface area contributed by atoms with E-state index < -0.39 is 5.97 Å². The maximum absolute atomic E-state index is 12.8. The second kappa shape index (κ2) is 11.2. The third kappa shape index (κ3) is 6.16. The Morgan fingerprint density at radius 2 is 1.83 bits per heavy atom. The number of rotatable bonds is 8. The van der Waals surface area contributed by atoms with Crippen molar-refractivity contribution in [3.63, 3.8) is 0 Å². The number of nitrogens with one attached hydrogen (secondary N) is 1. The summed E-state index contributed by atoms with van der Waals surface area (Å²) in [7, 11) is 0. The maximum Gasteiger partial charge on any atom is 0.339 e. The van der Waals surface area contributed by atoms with Crippen molar-refractivity contribution in [2.24, 2.45) is 0 Å². The first kappa shape index (κ1) is 23.8. The second-order valence-electron chi connectivity index (χ2n) is 7.49. The van der Waals surface area contributed by atoms with Crippen LogP contribution in [0.1, 0.15) is 27.4 Å². The largest absolute Gasteiger partial charge is 0.455 e. The molecule has 1 aromatic heterocycles. The number of benzene rings is 3. The number of oxazole rings is 1. The molecule has 0 spiro atoms. The topological polar surface area (TPSA) is 105 Å². The summed E-state index contributed by atoms with van der Waals surface area (Å²) in [5.41, 5.74) is 2.75. The van der Waals surface area contributed by atoms with E-state index in [4.69, 9.17) is 14.4 Å². The van der Waals surface area contributed by atoms with Crippen LogP contribution in [0.4, 0.5) is 5.69 Å². The highest BCUT2D eigenvalue weighted by atomic mass is 32.2. The van der Waals surface area contributed by atoms with E-state index in [0.29, 0.717) is 39.1 Å². The van der Waals surface area contributed by atoms with Crippen LogP contribution in [0.5, 0.6) is 0 Å². The Kier molecular flexibility index (Phi) is 7.60. The number of ether oxygens (including phenoxy) is 1. The van der Waals surface area contributed by atoms with Gasteiger partial charge in [0.25, 0.3) is 0 Å². The van der Waals surface area contributed by atoms with Gasteiger partial charge in [-0.1, -0.05) is 36.4 Å². The lowest BCUT2D eigenvalue weighted by Gasteiger charge is -2.09. The summed E-state index contributed by atoms with van der Waals surface area (Å²) < 4.78 is 11.2. The molecule has 4 aromatic rings. The van der Waals surface area contributed by atoms with Gasteiger partial charge in [0, 0.05) is 16.1 Å². The highest BCUT2D eigenvalue weighted by Gasteiger charge is 2.17. The van der Waals surface area contributed by atoms with Gasteiger partial charge in [-0.15, -0.1) is 11.8 Å². The summed E-state index contributed by atoms with van der Waals surface area (Å²) in [6, 6.07) is 25.2. The lowest BCUT2D eigenvalue weighted by Crippen LogP contribution is -2.14. The number of aromatic nitrogens is 1. The van der Waals surface area contributed by atoms with Crippen LogP contribution < -0.4 is 5.32 Å². The number of nitrogens with zero attached hydrogens (tertiary/aromatic N) is 2. The molecule has 0 aliphatic rings. The van der Waals surface area contributed by atoms with Crippen molar-refractivity contribution in [3.05, 3.63) is 101 Å². The first-order valence-electron chi connectivity index (χ1n) is 10.7. The van der Waals surface area contributed by atoms with E-state index >= 15 is 0 Å². The summed E-state index contributed by atoms with van der Waals surface area (Å²) in [6.45, 7) is 1.74. The minimum atomic E-state index is -0.515. The Balaban J connectivity index is 1.37. The molecule has 174 valence electrons. The van der Waals surface area contributed by atoms with Gasteiger partial charge in [-0.05, 0) is 49.4 Å². The van der Waals surface area contributed by atoms with E-state index in [1.807, 2.05) is 36.4 Å². The average Bonchev–Trinajstić information content (AvgIpc) is 3.27. The Bertz CT molecular complexity index is 1390. The van der Waals surface area contributed by atoms with Crippen molar-refractivity contribution in [2.75, 3.05) is 11.1 Å². The van der Waals surface area contributed by atoms with Crippen LogP contribution in [0.2, 0.25) is 0 Å². The molecule has 4 rings (SSSR count). The zero-order valence-corrected chi connectivity index (χ0v) is 19.7. The number of hydrogen-bond acceptors (Lipinski definition) is 7. The van der Waals surface area contributed by atoms with Gasteiger partial charge in [-0.2, -0.15) is 5.26 Å². The lowest BCUT2D eigenvalue weighted by atomic mass is 10.2. The van der Waals surface area contributed by atoms with Crippen molar-refractivity contribution in [1.29, 1.82) is 5.26 Å². The third-order valence-corrected chi connectivity index (χ3v) is 6.07. The van der Waals surface area contributed by atoms with Gasteiger partial charge in [0.05, 0.1) is 22.9 Å². The van der Waals surface area contributed by atoms with Crippen molar-refractivity contribution >= 4 is 29.3 Å². The van der Waals surface area contributed by atoms with Crippen LogP contribution in [0, 0.1) is 18.3 Å². The minimum Gasteiger partial charge on any atom is -0.455 e. The molecule has 0 fully saturated rings. The first-order chi connectivity index (χ1) is 17.0. The fourth-order valence-electron chi connectivity index (χ4n) is 3.25. The van der Waals surface area contributed by atoms with Gasteiger partial charge in [-0.25, -0.2) is 9.78 Å². The molecule has 7 nitrogen and oxygen atoms in total. The molecule has 1 N–H and O–H groups in total. The van der Waals surface area contributed by atoms with Crippen LogP contribution in [0.3, 0.4) is 0 Å². The van der Waals surface area contributed by atoms with Gasteiger partial charge < -0.3 is 14.5 Å². The smallest absolute Gasteiger partial charge is 0.339 e. The molecule has 0 aliphatic carbocycles. The van der Waals surface area contributed by atoms with Crippen molar-refractivity contribution in [1.82, 2.24) is 4.98 Å². The van der Waals surface area contributed by atoms with Crippen LogP contribution in [0.15, 0.2) is 88.2 Å². The zero-order valence-electron chi connectivity index (χ0n) is 18.9. The molecular weight excluding hydrogens is 462 g/mol. The van der Waals surface area contributed by atoms with Crippen LogP contribution in [0.25, 0.3) is 11.5 Å². The number of nitriles is 1. The van der Waals surface area contributed by atoms with E-state index in [1.54, 1.807) is 55.5 Å². The Morgan fingerprint density at radius 3 is 2.63 bits per heavy atom. The summed E-state index contributed by atoms with van der Waals surface area (Å²) >= 11 is 1.23. The van der Waals surface area contributed by atoms with Crippen molar-refractivity contribution in [2.45, 2.75) is 18.4 Å².